The zero-order valence-corrected chi connectivity index (χ0v) is 18.1. The molecule has 0 radical (unpaired) electrons. The standard InChI is InChI=1S/C24H27N5O2/c1-16-20(18(3)29(27-16)14-19-9-5-4-6-10-19)13-25-17(2)24(31)28-15-23(30)26-21-11-7-8-12-22(21)28/h4-12,17,25H,13-15H2,1-3H3,(H,26,30)/t17-/m0/s1. The van der Waals surface area contributed by atoms with Crippen molar-refractivity contribution in [1.82, 2.24) is 15.1 Å². The van der Waals surface area contributed by atoms with Gasteiger partial charge in [0.2, 0.25) is 11.8 Å². The Hall–Kier alpha value is -3.45. The molecule has 1 aromatic heterocycles. The lowest BCUT2D eigenvalue weighted by atomic mass is 10.1. The van der Waals surface area contributed by atoms with E-state index in [-0.39, 0.29) is 18.4 Å². The van der Waals surface area contributed by atoms with Gasteiger partial charge >= 0.3 is 0 Å². The molecule has 0 bridgehead atoms. The minimum absolute atomic E-state index is 0.0227. The van der Waals surface area contributed by atoms with Crippen molar-refractivity contribution in [2.45, 2.75) is 39.9 Å². The summed E-state index contributed by atoms with van der Waals surface area (Å²) in [5.74, 6) is -0.317. The Morgan fingerprint density at radius 2 is 1.84 bits per heavy atom. The topological polar surface area (TPSA) is 79.3 Å². The van der Waals surface area contributed by atoms with Gasteiger partial charge in [-0.05, 0) is 38.5 Å². The molecular weight excluding hydrogens is 390 g/mol. The van der Waals surface area contributed by atoms with E-state index in [4.69, 9.17) is 0 Å². The molecule has 0 aliphatic carbocycles. The van der Waals surface area contributed by atoms with Crippen molar-refractivity contribution in [1.29, 1.82) is 0 Å². The number of nitrogens with one attached hydrogen (secondary N) is 2. The molecule has 0 spiro atoms. The van der Waals surface area contributed by atoms with Crippen LogP contribution in [0.5, 0.6) is 0 Å². The zero-order chi connectivity index (χ0) is 22.0. The molecule has 7 nitrogen and oxygen atoms in total. The fourth-order valence-electron chi connectivity index (χ4n) is 3.91. The number of aryl methyl sites for hydroxylation is 1. The van der Waals surface area contributed by atoms with Gasteiger partial charge in [-0.1, -0.05) is 42.5 Å². The minimum atomic E-state index is -0.449. The lowest BCUT2D eigenvalue weighted by molar-refractivity contribution is -0.123. The fraction of sp³-hybridized carbons (Fsp3) is 0.292. The minimum Gasteiger partial charge on any atom is -0.323 e. The van der Waals surface area contributed by atoms with Gasteiger partial charge in [0, 0.05) is 17.8 Å². The van der Waals surface area contributed by atoms with Gasteiger partial charge in [-0.15, -0.1) is 0 Å². The summed E-state index contributed by atoms with van der Waals surface area (Å²) in [5, 5.41) is 10.8. The Kier molecular flexibility index (Phi) is 5.86. The molecule has 3 aromatic rings. The third-order valence-corrected chi connectivity index (χ3v) is 5.70. The zero-order valence-electron chi connectivity index (χ0n) is 18.1. The Labute approximate surface area is 182 Å². The summed E-state index contributed by atoms with van der Waals surface area (Å²) in [7, 11) is 0. The molecular formula is C24H27N5O2. The maximum absolute atomic E-state index is 13.1. The van der Waals surface area contributed by atoms with Gasteiger partial charge in [0.25, 0.3) is 0 Å². The molecule has 1 aliphatic heterocycles. The number of carbonyl (C=O) groups is 2. The van der Waals surface area contributed by atoms with Crippen LogP contribution >= 0.6 is 0 Å². The first kappa shape index (κ1) is 20.8. The van der Waals surface area contributed by atoms with Crippen LogP contribution in [0.25, 0.3) is 0 Å². The van der Waals surface area contributed by atoms with Crippen molar-refractivity contribution < 1.29 is 9.59 Å². The van der Waals surface area contributed by atoms with Crippen molar-refractivity contribution in [3.05, 3.63) is 77.1 Å². The number of para-hydroxylation sites is 2. The van der Waals surface area contributed by atoms with Crippen LogP contribution in [-0.4, -0.2) is 34.2 Å². The van der Waals surface area contributed by atoms with Gasteiger partial charge in [-0.25, -0.2) is 0 Å². The van der Waals surface area contributed by atoms with E-state index in [9.17, 15) is 9.59 Å². The third-order valence-electron chi connectivity index (χ3n) is 5.70. The Balaban J connectivity index is 1.45. The van der Waals surface area contributed by atoms with E-state index in [2.05, 4.69) is 34.8 Å². The highest BCUT2D eigenvalue weighted by molar-refractivity contribution is 6.11. The van der Waals surface area contributed by atoms with E-state index < -0.39 is 6.04 Å². The summed E-state index contributed by atoms with van der Waals surface area (Å²) in [6, 6.07) is 17.1. The van der Waals surface area contributed by atoms with Crippen LogP contribution in [0.3, 0.4) is 0 Å². The summed E-state index contributed by atoms with van der Waals surface area (Å²) in [4.78, 5) is 26.7. The van der Waals surface area contributed by atoms with Crippen LogP contribution in [0.15, 0.2) is 54.6 Å². The van der Waals surface area contributed by atoms with Gasteiger partial charge in [0.1, 0.15) is 6.54 Å². The molecule has 0 fully saturated rings. The van der Waals surface area contributed by atoms with Crippen molar-refractivity contribution >= 4 is 23.2 Å². The number of carbonyl (C=O) groups excluding carboxylic acids is 2. The van der Waals surface area contributed by atoms with Crippen LogP contribution in [0, 0.1) is 13.8 Å². The average Bonchev–Trinajstić information content (AvgIpc) is 3.03. The van der Waals surface area contributed by atoms with Crippen molar-refractivity contribution in [2.24, 2.45) is 0 Å². The molecule has 1 aliphatic rings. The van der Waals surface area contributed by atoms with Crippen LogP contribution in [0.4, 0.5) is 11.4 Å². The van der Waals surface area contributed by atoms with E-state index in [1.807, 2.05) is 54.9 Å². The second-order valence-corrected chi connectivity index (χ2v) is 7.88. The normalized spacial score (nSPS) is 14.2. The van der Waals surface area contributed by atoms with Gasteiger partial charge in [0.15, 0.2) is 0 Å². The lowest BCUT2D eigenvalue weighted by Crippen LogP contribution is -2.49. The smallest absolute Gasteiger partial charge is 0.244 e. The van der Waals surface area contributed by atoms with Crippen LogP contribution in [-0.2, 0) is 22.7 Å². The summed E-state index contributed by atoms with van der Waals surface area (Å²) in [5.41, 5.74) is 5.70. The van der Waals surface area contributed by atoms with E-state index in [1.54, 1.807) is 11.0 Å². The Bertz CT molecular complexity index is 1110. The third kappa shape index (κ3) is 4.36. The maximum atomic E-state index is 13.1. The van der Waals surface area contributed by atoms with Crippen molar-refractivity contribution in [3.63, 3.8) is 0 Å². The Morgan fingerprint density at radius 1 is 1.13 bits per heavy atom. The summed E-state index contributed by atoms with van der Waals surface area (Å²) in [6.07, 6.45) is 0. The SMILES string of the molecule is Cc1nn(Cc2ccccc2)c(C)c1CN[C@@H](C)C(=O)N1CC(=O)Nc2ccccc21. The van der Waals surface area contributed by atoms with E-state index >= 15 is 0 Å². The molecule has 2 aromatic carbocycles. The second-order valence-electron chi connectivity index (χ2n) is 7.88. The van der Waals surface area contributed by atoms with Gasteiger partial charge < -0.3 is 10.6 Å². The lowest BCUT2D eigenvalue weighted by Gasteiger charge is -2.31. The molecule has 7 heteroatoms. The quantitative estimate of drug-likeness (QED) is 0.646. The molecule has 2 amide bonds. The molecule has 31 heavy (non-hydrogen) atoms. The molecule has 160 valence electrons. The second kappa shape index (κ2) is 8.73. The molecule has 0 saturated heterocycles. The molecule has 0 unspecified atom stereocenters. The highest BCUT2D eigenvalue weighted by Crippen LogP contribution is 2.29. The van der Waals surface area contributed by atoms with Crippen LogP contribution in [0.2, 0.25) is 0 Å². The van der Waals surface area contributed by atoms with Crippen molar-refractivity contribution in [2.75, 3.05) is 16.8 Å². The summed E-state index contributed by atoms with van der Waals surface area (Å²) < 4.78 is 2.00. The van der Waals surface area contributed by atoms with E-state index in [0.717, 1.165) is 22.6 Å². The van der Waals surface area contributed by atoms with Gasteiger partial charge in [0.05, 0.1) is 29.7 Å². The number of nitrogens with zero attached hydrogens (tertiary/aromatic N) is 3. The molecule has 2 heterocycles. The number of fused-ring (bicyclic) bond motifs is 1. The first-order valence-electron chi connectivity index (χ1n) is 10.4. The molecule has 0 saturated carbocycles. The monoisotopic (exact) mass is 417 g/mol. The molecule has 4 rings (SSSR count). The van der Waals surface area contributed by atoms with E-state index in [0.29, 0.717) is 18.8 Å². The van der Waals surface area contributed by atoms with Crippen LogP contribution in [0.1, 0.15) is 29.4 Å². The predicted octanol–water partition coefficient (Wildman–Crippen LogP) is 3.01. The van der Waals surface area contributed by atoms with Gasteiger partial charge in [-0.3, -0.25) is 19.2 Å². The van der Waals surface area contributed by atoms with Gasteiger partial charge in [-0.2, -0.15) is 5.10 Å². The first-order chi connectivity index (χ1) is 14.9. The average molecular weight is 418 g/mol. The highest BCUT2D eigenvalue weighted by Gasteiger charge is 2.29. The fourth-order valence-corrected chi connectivity index (χ4v) is 3.91. The highest BCUT2D eigenvalue weighted by atomic mass is 16.2. The summed E-state index contributed by atoms with van der Waals surface area (Å²) in [6.45, 7) is 7.13. The molecule has 2 N–H and O–H groups in total. The first-order valence-corrected chi connectivity index (χ1v) is 10.4. The van der Waals surface area contributed by atoms with Crippen LogP contribution < -0.4 is 15.5 Å². The largest absolute Gasteiger partial charge is 0.323 e. The number of rotatable bonds is 6. The molecule has 1 atom stereocenters. The number of hydrogen-bond acceptors (Lipinski definition) is 4. The summed E-state index contributed by atoms with van der Waals surface area (Å²) >= 11 is 0. The Morgan fingerprint density at radius 3 is 2.61 bits per heavy atom. The predicted molar refractivity (Wildman–Crippen MR) is 121 cm³/mol. The number of amides is 2. The number of hydrogen-bond donors (Lipinski definition) is 2. The maximum Gasteiger partial charge on any atom is 0.244 e. The number of aromatic nitrogens is 2. The van der Waals surface area contributed by atoms with E-state index in [1.165, 1.54) is 5.56 Å². The number of benzene rings is 2. The van der Waals surface area contributed by atoms with Crippen molar-refractivity contribution in [3.8, 4) is 0 Å². The number of anilines is 2.